The van der Waals surface area contributed by atoms with Crippen LogP contribution in [0.15, 0.2) is 12.4 Å². The lowest BCUT2D eigenvalue weighted by Gasteiger charge is -2.28. The third-order valence-corrected chi connectivity index (χ3v) is 4.74. The van der Waals surface area contributed by atoms with E-state index in [4.69, 9.17) is 11.6 Å². The summed E-state index contributed by atoms with van der Waals surface area (Å²) in [4.78, 5) is 20.3. The number of carbonyl (C=O) groups excluding carboxylic acids is 1. The Kier molecular flexibility index (Phi) is 3.44. The number of nitrogens with one attached hydrogen (secondary N) is 1. The Balaban J connectivity index is 1.55. The second-order valence-corrected chi connectivity index (χ2v) is 6.16. The monoisotopic (exact) mass is 279 g/mol. The Hall–Kier alpha value is -1.16. The van der Waals surface area contributed by atoms with Crippen molar-refractivity contribution in [2.24, 2.45) is 11.3 Å². The standard InChI is InChI=1S/C14H18ClN3O/c15-12-11(16-6-7-17-12)9-18-13(19)10-2-1-3-14(8-10)4-5-14/h6-7,10H,1-5,8-9H2,(H,18,19). The third kappa shape index (κ3) is 2.89. The van der Waals surface area contributed by atoms with Gasteiger partial charge in [-0.25, -0.2) is 4.98 Å². The number of halogens is 1. The number of amides is 1. The molecule has 1 spiro atoms. The Labute approximate surface area is 118 Å². The zero-order valence-corrected chi connectivity index (χ0v) is 11.6. The maximum Gasteiger partial charge on any atom is 0.223 e. The number of nitrogens with zero attached hydrogens (tertiary/aromatic N) is 2. The van der Waals surface area contributed by atoms with Crippen LogP contribution in [0.5, 0.6) is 0 Å². The lowest BCUT2D eigenvalue weighted by molar-refractivity contribution is -0.126. The zero-order chi connectivity index (χ0) is 13.3. The van der Waals surface area contributed by atoms with Crippen molar-refractivity contribution < 1.29 is 4.79 Å². The molecule has 2 saturated carbocycles. The van der Waals surface area contributed by atoms with Gasteiger partial charge in [-0.3, -0.25) is 9.78 Å². The highest BCUT2D eigenvalue weighted by atomic mass is 35.5. The predicted molar refractivity (Wildman–Crippen MR) is 72.5 cm³/mol. The van der Waals surface area contributed by atoms with Crippen molar-refractivity contribution in [1.82, 2.24) is 15.3 Å². The van der Waals surface area contributed by atoms with E-state index in [1.54, 1.807) is 12.4 Å². The topological polar surface area (TPSA) is 54.9 Å². The third-order valence-electron chi connectivity index (χ3n) is 4.42. The molecule has 0 radical (unpaired) electrons. The second kappa shape index (κ2) is 5.08. The summed E-state index contributed by atoms with van der Waals surface area (Å²) < 4.78 is 0. The van der Waals surface area contributed by atoms with Gasteiger partial charge in [0.25, 0.3) is 0 Å². The Morgan fingerprint density at radius 3 is 2.89 bits per heavy atom. The van der Waals surface area contributed by atoms with Crippen molar-refractivity contribution in [3.05, 3.63) is 23.2 Å². The molecule has 0 aliphatic heterocycles. The number of hydrogen-bond donors (Lipinski definition) is 1. The minimum absolute atomic E-state index is 0.146. The van der Waals surface area contributed by atoms with E-state index in [2.05, 4.69) is 15.3 Å². The van der Waals surface area contributed by atoms with Crippen LogP contribution in [-0.4, -0.2) is 15.9 Å². The first kappa shape index (κ1) is 12.9. The van der Waals surface area contributed by atoms with E-state index in [0.29, 0.717) is 22.8 Å². The van der Waals surface area contributed by atoms with Gasteiger partial charge in [0.1, 0.15) is 0 Å². The van der Waals surface area contributed by atoms with Crippen molar-refractivity contribution >= 4 is 17.5 Å². The van der Waals surface area contributed by atoms with Crippen LogP contribution in [-0.2, 0) is 11.3 Å². The van der Waals surface area contributed by atoms with E-state index in [-0.39, 0.29) is 11.8 Å². The molecule has 1 amide bonds. The summed E-state index contributed by atoms with van der Waals surface area (Å²) in [6.45, 7) is 0.370. The SMILES string of the molecule is O=C(NCc1nccnc1Cl)C1CCCC2(CC2)C1. The highest BCUT2D eigenvalue weighted by molar-refractivity contribution is 6.29. The highest BCUT2D eigenvalue weighted by Crippen LogP contribution is 2.57. The minimum Gasteiger partial charge on any atom is -0.350 e. The van der Waals surface area contributed by atoms with E-state index in [0.717, 1.165) is 12.8 Å². The first-order chi connectivity index (χ1) is 9.19. The van der Waals surface area contributed by atoms with Crippen LogP contribution in [0.25, 0.3) is 0 Å². The molecule has 1 aromatic heterocycles. The van der Waals surface area contributed by atoms with Gasteiger partial charge in [-0.15, -0.1) is 0 Å². The van der Waals surface area contributed by atoms with Crippen LogP contribution >= 0.6 is 11.6 Å². The fourth-order valence-corrected chi connectivity index (χ4v) is 3.26. The van der Waals surface area contributed by atoms with Crippen molar-refractivity contribution in [3.63, 3.8) is 0 Å². The van der Waals surface area contributed by atoms with Gasteiger partial charge in [0.05, 0.1) is 12.2 Å². The van der Waals surface area contributed by atoms with Crippen molar-refractivity contribution in [3.8, 4) is 0 Å². The van der Waals surface area contributed by atoms with Crippen LogP contribution in [0.2, 0.25) is 5.15 Å². The summed E-state index contributed by atoms with van der Waals surface area (Å²) in [5, 5.41) is 3.32. The van der Waals surface area contributed by atoms with E-state index in [9.17, 15) is 4.79 Å². The Morgan fingerprint density at radius 2 is 2.16 bits per heavy atom. The molecule has 0 saturated heterocycles. The molecule has 1 unspecified atom stereocenters. The first-order valence-corrected chi connectivity index (χ1v) is 7.29. The zero-order valence-electron chi connectivity index (χ0n) is 10.9. The van der Waals surface area contributed by atoms with E-state index in [1.807, 2.05) is 0 Å². The van der Waals surface area contributed by atoms with Gasteiger partial charge in [0.2, 0.25) is 5.91 Å². The molecule has 102 valence electrons. The van der Waals surface area contributed by atoms with Crippen LogP contribution in [0.3, 0.4) is 0 Å². The van der Waals surface area contributed by atoms with Crippen molar-refractivity contribution in [2.45, 2.75) is 45.1 Å². The number of rotatable bonds is 3. The number of carbonyl (C=O) groups is 1. The minimum atomic E-state index is 0.146. The van der Waals surface area contributed by atoms with Gasteiger partial charge in [-0.05, 0) is 37.5 Å². The average molecular weight is 280 g/mol. The molecule has 19 heavy (non-hydrogen) atoms. The molecule has 0 aromatic carbocycles. The summed E-state index contributed by atoms with van der Waals surface area (Å²) in [5.74, 6) is 0.319. The van der Waals surface area contributed by atoms with Crippen molar-refractivity contribution in [1.29, 1.82) is 0 Å². The molecule has 2 fully saturated rings. The Bertz CT molecular complexity index is 487. The normalized spacial score (nSPS) is 24.2. The summed E-state index contributed by atoms with van der Waals surface area (Å²) in [5.41, 5.74) is 1.15. The molecule has 2 aliphatic rings. The lowest BCUT2D eigenvalue weighted by atomic mass is 9.78. The van der Waals surface area contributed by atoms with E-state index in [1.165, 1.54) is 25.7 Å². The van der Waals surface area contributed by atoms with Gasteiger partial charge in [0.15, 0.2) is 5.15 Å². The molecular weight excluding hydrogens is 262 g/mol. The maximum absolute atomic E-state index is 12.2. The molecule has 2 aliphatic carbocycles. The van der Waals surface area contributed by atoms with Gasteiger partial charge in [0, 0.05) is 18.3 Å². The highest BCUT2D eigenvalue weighted by Gasteiger charge is 2.47. The molecule has 1 heterocycles. The fraction of sp³-hybridized carbons (Fsp3) is 0.643. The summed E-state index contributed by atoms with van der Waals surface area (Å²) >= 11 is 5.92. The summed E-state index contributed by atoms with van der Waals surface area (Å²) in [7, 11) is 0. The van der Waals surface area contributed by atoms with E-state index >= 15 is 0 Å². The molecule has 4 nitrogen and oxygen atoms in total. The maximum atomic E-state index is 12.2. The van der Waals surface area contributed by atoms with Crippen LogP contribution in [0, 0.1) is 11.3 Å². The predicted octanol–water partition coefficient (Wildman–Crippen LogP) is 2.72. The van der Waals surface area contributed by atoms with E-state index < -0.39 is 0 Å². The largest absolute Gasteiger partial charge is 0.350 e. The summed E-state index contributed by atoms with van der Waals surface area (Å²) in [6, 6.07) is 0. The van der Waals surface area contributed by atoms with Gasteiger partial charge in [-0.2, -0.15) is 0 Å². The van der Waals surface area contributed by atoms with Gasteiger partial charge in [-0.1, -0.05) is 18.0 Å². The molecule has 3 rings (SSSR count). The molecular formula is C14H18ClN3O. The van der Waals surface area contributed by atoms with Crippen LogP contribution in [0.4, 0.5) is 0 Å². The van der Waals surface area contributed by atoms with Crippen molar-refractivity contribution in [2.75, 3.05) is 0 Å². The smallest absolute Gasteiger partial charge is 0.223 e. The summed E-state index contributed by atoms with van der Waals surface area (Å²) in [6.07, 6.45) is 10.3. The molecule has 5 heteroatoms. The van der Waals surface area contributed by atoms with Gasteiger partial charge >= 0.3 is 0 Å². The van der Waals surface area contributed by atoms with Gasteiger partial charge < -0.3 is 5.32 Å². The lowest BCUT2D eigenvalue weighted by Crippen LogP contribution is -2.34. The molecule has 0 bridgehead atoms. The molecule has 1 N–H and O–H groups in total. The van der Waals surface area contributed by atoms with Crippen LogP contribution in [0.1, 0.15) is 44.2 Å². The fourth-order valence-electron chi connectivity index (χ4n) is 3.09. The molecule has 1 aromatic rings. The molecule has 1 atom stereocenters. The Morgan fingerprint density at radius 1 is 1.37 bits per heavy atom. The second-order valence-electron chi connectivity index (χ2n) is 5.80. The quantitative estimate of drug-likeness (QED) is 0.925. The first-order valence-electron chi connectivity index (χ1n) is 6.92. The number of aromatic nitrogens is 2. The number of hydrogen-bond acceptors (Lipinski definition) is 3. The average Bonchev–Trinajstić information content (AvgIpc) is 3.16. The van der Waals surface area contributed by atoms with Crippen LogP contribution < -0.4 is 5.32 Å².